The van der Waals surface area contributed by atoms with Crippen molar-refractivity contribution in [2.24, 2.45) is 0 Å². The number of carboxylic acid groups (broad SMARTS) is 1. The predicted molar refractivity (Wildman–Crippen MR) is 137 cm³/mol. The Labute approximate surface area is 214 Å². The molecule has 2 bridgehead atoms. The summed E-state index contributed by atoms with van der Waals surface area (Å²) in [5.41, 5.74) is 1.08. The van der Waals surface area contributed by atoms with Crippen molar-refractivity contribution in [1.29, 1.82) is 0 Å². The van der Waals surface area contributed by atoms with Crippen molar-refractivity contribution in [3.05, 3.63) is 82.8 Å². The third-order valence-electron chi connectivity index (χ3n) is 7.31. The molecule has 0 aliphatic carbocycles. The molecule has 4 atom stereocenters. The van der Waals surface area contributed by atoms with Crippen LogP contribution in [0.25, 0.3) is 5.69 Å². The summed E-state index contributed by atoms with van der Waals surface area (Å²) in [4.78, 5) is 26.8. The van der Waals surface area contributed by atoms with E-state index in [0.717, 1.165) is 24.7 Å². The Morgan fingerprint density at radius 1 is 1.05 bits per heavy atom. The van der Waals surface area contributed by atoms with Crippen LogP contribution in [0, 0.1) is 0 Å². The second-order valence-corrected chi connectivity index (χ2v) is 11.5. The average Bonchev–Trinajstić information content (AvgIpc) is 3.19. The highest BCUT2D eigenvalue weighted by molar-refractivity contribution is 7.90. The fraction of sp³-hybridized carbons (Fsp3) is 0.333. The number of pyridine rings is 1. The number of methoxy groups -OCH3 is 1. The summed E-state index contributed by atoms with van der Waals surface area (Å²) in [6.07, 6.45) is 3.42. The summed E-state index contributed by atoms with van der Waals surface area (Å²) in [5.74, 6) is 0.795. The topological polar surface area (TPSA) is 115 Å². The first kappa shape index (κ1) is 24.9. The van der Waals surface area contributed by atoms with E-state index in [0.29, 0.717) is 23.6 Å². The lowest BCUT2D eigenvalue weighted by Gasteiger charge is -2.43. The first-order chi connectivity index (χ1) is 17.7. The number of fused-ring (bicyclic) bond motifs is 2. The second-order valence-electron chi connectivity index (χ2n) is 9.48. The molecule has 1 amide bonds. The van der Waals surface area contributed by atoms with E-state index >= 15 is 0 Å². The molecule has 1 unspecified atom stereocenters. The highest BCUT2D eigenvalue weighted by Gasteiger charge is 2.51. The molecule has 5 rings (SSSR count). The summed E-state index contributed by atoms with van der Waals surface area (Å²) in [5, 5.41) is 9.90. The second kappa shape index (κ2) is 9.59. The van der Waals surface area contributed by atoms with Crippen LogP contribution in [0.5, 0.6) is 11.5 Å². The van der Waals surface area contributed by atoms with Gasteiger partial charge in [-0.1, -0.05) is 18.2 Å². The number of amides is 1. The van der Waals surface area contributed by atoms with Gasteiger partial charge in [0.25, 0.3) is 5.56 Å². The van der Waals surface area contributed by atoms with Gasteiger partial charge in [-0.3, -0.25) is 9.36 Å². The van der Waals surface area contributed by atoms with Crippen LogP contribution >= 0.6 is 0 Å². The summed E-state index contributed by atoms with van der Waals surface area (Å²) in [7, 11) is -1.75. The van der Waals surface area contributed by atoms with Crippen molar-refractivity contribution in [3.63, 3.8) is 0 Å². The van der Waals surface area contributed by atoms with Crippen LogP contribution in [0.3, 0.4) is 0 Å². The molecule has 2 aromatic carbocycles. The molecule has 2 fully saturated rings. The van der Waals surface area contributed by atoms with E-state index in [-0.39, 0.29) is 34.6 Å². The molecule has 0 saturated carbocycles. The van der Waals surface area contributed by atoms with E-state index in [1.165, 1.54) is 22.8 Å². The standard InChI is InChI=1S/C27H28N2O7S/c1-35-23-6-4-3-5-21(23)26-22-12-9-18(29(22)27(31)32)15-24(26)36-19-13-14-28(25(30)16-19)17-7-10-20(11-8-17)37(2,33)34/h3-8,10-11,13-14,16,18,22,24,26H,9,12,15H2,1-2H3,(H,31,32)/t18-,22+,24-,26?/m1/s1. The zero-order valence-electron chi connectivity index (χ0n) is 20.5. The SMILES string of the molecule is COc1ccccc1C1[C@H](Oc2ccn(-c3ccc(S(C)(=O)=O)cc3)c(=O)c2)C[C@H]2CC[C@@H]1N2C(=O)O. The molecule has 0 radical (unpaired) electrons. The largest absolute Gasteiger partial charge is 0.496 e. The van der Waals surface area contributed by atoms with Gasteiger partial charge >= 0.3 is 6.09 Å². The van der Waals surface area contributed by atoms with Gasteiger partial charge in [0, 0.05) is 54.2 Å². The first-order valence-electron chi connectivity index (χ1n) is 12.0. The van der Waals surface area contributed by atoms with E-state index < -0.39 is 15.9 Å². The van der Waals surface area contributed by atoms with Gasteiger partial charge in [0.15, 0.2) is 9.84 Å². The van der Waals surface area contributed by atoms with Crippen LogP contribution in [0.4, 0.5) is 4.79 Å². The fourth-order valence-electron chi connectivity index (χ4n) is 5.70. The maximum Gasteiger partial charge on any atom is 0.407 e. The first-order valence-corrected chi connectivity index (χ1v) is 13.9. The van der Waals surface area contributed by atoms with E-state index in [1.807, 2.05) is 24.3 Å². The van der Waals surface area contributed by atoms with Gasteiger partial charge in [-0.25, -0.2) is 13.2 Å². The Morgan fingerprint density at radius 3 is 2.43 bits per heavy atom. The summed E-state index contributed by atoms with van der Waals surface area (Å²) < 4.78 is 36.9. The number of nitrogens with zero attached hydrogens (tertiary/aromatic N) is 2. The highest BCUT2D eigenvalue weighted by Crippen LogP contribution is 2.47. The predicted octanol–water partition coefficient (Wildman–Crippen LogP) is 3.70. The molecule has 2 aliphatic heterocycles. The minimum atomic E-state index is -3.34. The number of hydrogen-bond acceptors (Lipinski definition) is 6. The zero-order valence-corrected chi connectivity index (χ0v) is 21.3. The van der Waals surface area contributed by atoms with E-state index in [9.17, 15) is 23.1 Å². The maximum absolute atomic E-state index is 13.0. The van der Waals surface area contributed by atoms with Gasteiger partial charge in [0.05, 0.1) is 12.0 Å². The number of rotatable bonds is 6. The van der Waals surface area contributed by atoms with Crippen molar-refractivity contribution in [2.45, 2.75) is 48.3 Å². The van der Waals surface area contributed by atoms with Gasteiger partial charge in [0.1, 0.15) is 17.6 Å². The molecular weight excluding hydrogens is 496 g/mol. The molecule has 9 nitrogen and oxygen atoms in total. The van der Waals surface area contributed by atoms with Crippen molar-refractivity contribution in [3.8, 4) is 17.2 Å². The number of hydrogen-bond donors (Lipinski definition) is 1. The molecule has 10 heteroatoms. The third-order valence-corrected chi connectivity index (χ3v) is 8.43. The number of ether oxygens (including phenoxy) is 2. The van der Waals surface area contributed by atoms with E-state index in [2.05, 4.69) is 0 Å². The Kier molecular flexibility index (Phi) is 6.45. The molecular formula is C27H28N2O7S. The summed E-state index contributed by atoms with van der Waals surface area (Å²) in [6.45, 7) is 0. The Balaban J connectivity index is 1.46. The molecule has 194 valence electrons. The van der Waals surface area contributed by atoms with Gasteiger partial charge in [-0.05, 0) is 49.2 Å². The van der Waals surface area contributed by atoms with E-state index in [4.69, 9.17) is 9.47 Å². The van der Waals surface area contributed by atoms with Gasteiger partial charge < -0.3 is 19.5 Å². The smallest absolute Gasteiger partial charge is 0.407 e. The number of aromatic nitrogens is 1. The molecule has 1 N–H and O–H groups in total. The van der Waals surface area contributed by atoms with Crippen LogP contribution in [-0.2, 0) is 9.84 Å². The third kappa shape index (κ3) is 4.69. The average molecular weight is 525 g/mol. The number of piperidine rings is 1. The monoisotopic (exact) mass is 524 g/mol. The van der Waals surface area contributed by atoms with Gasteiger partial charge in [-0.2, -0.15) is 0 Å². The lowest BCUT2D eigenvalue weighted by atomic mass is 9.81. The van der Waals surface area contributed by atoms with Crippen LogP contribution in [0.2, 0.25) is 0 Å². The van der Waals surface area contributed by atoms with Crippen LogP contribution in [0.1, 0.15) is 30.7 Å². The lowest BCUT2D eigenvalue weighted by molar-refractivity contribution is 0.0306. The number of carbonyl (C=O) groups is 1. The molecule has 37 heavy (non-hydrogen) atoms. The molecule has 0 spiro atoms. The molecule has 1 aromatic heterocycles. The molecule has 2 aliphatic rings. The zero-order chi connectivity index (χ0) is 26.3. The van der Waals surface area contributed by atoms with E-state index in [1.54, 1.807) is 36.4 Å². The molecule has 3 aromatic rings. The normalized spacial score (nSPS) is 23.0. The lowest BCUT2D eigenvalue weighted by Crippen LogP contribution is -2.53. The Hall–Kier alpha value is -3.79. The van der Waals surface area contributed by atoms with Crippen LogP contribution in [0.15, 0.2) is 76.6 Å². The van der Waals surface area contributed by atoms with Crippen molar-refractivity contribution < 1.29 is 27.8 Å². The van der Waals surface area contributed by atoms with Gasteiger partial charge in [-0.15, -0.1) is 0 Å². The number of sulfone groups is 1. The maximum atomic E-state index is 13.0. The number of benzene rings is 2. The van der Waals surface area contributed by atoms with Crippen molar-refractivity contribution in [2.75, 3.05) is 13.4 Å². The Morgan fingerprint density at radius 2 is 1.78 bits per heavy atom. The number of para-hydroxylation sites is 1. The van der Waals surface area contributed by atoms with Crippen molar-refractivity contribution in [1.82, 2.24) is 9.47 Å². The molecule has 2 saturated heterocycles. The minimum absolute atomic E-state index is 0.146. The van der Waals surface area contributed by atoms with Gasteiger partial charge in [0.2, 0.25) is 0 Å². The summed E-state index contributed by atoms with van der Waals surface area (Å²) >= 11 is 0. The fourth-order valence-corrected chi connectivity index (χ4v) is 6.33. The highest BCUT2D eigenvalue weighted by atomic mass is 32.2. The summed E-state index contributed by atoms with van der Waals surface area (Å²) in [6, 6.07) is 16.3. The molecule has 3 heterocycles. The van der Waals surface area contributed by atoms with Crippen LogP contribution in [-0.4, -0.2) is 60.6 Å². The van der Waals surface area contributed by atoms with Crippen molar-refractivity contribution >= 4 is 15.9 Å². The Bertz CT molecular complexity index is 1480. The van der Waals surface area contributed by atoms with Crippen LogP contribution < -0.4 is 15.0 Å². The quantitative estimate of drug-likeness (QED) is 0.523. The minimum Gasteiger partial charge on any atom is -0.496 e.